The fraction of sp³-hybridized carbons (Fsp3) is 0.500. The molecular formula is C14H22N2O2. The van der Waals surface area contributed by atoms with Gasteiger partial charge in [0.1, 0.15) is 5.75 Å². The van der Waals surface area contributed by atoms with Gasteiger partial charge in [0, 0.05) is 13.6 Å². The van der Waals surface area contributed by atoms with Crippen LogP contribution in [0.1, 0.15) is 30.9 Å². The Balaban J connectivity index is 2.72. The van der Waals surface area contributed by atoms with Crippen LogP contribution in [0.15, 0.2) is 18.2 Å². The van der Waals surface area contributed by atoms with E-state index in [-0.39, 0.29) is 6.03 Å². The molecular weight excluding hydrogens is 228 g/mol. The van der Waals surface area contributed by atoms with E-state index < -0.39 is 0 Å². The summed E-state index contributed by atoms with van der Waals surface area (Å²) in [5.41, 5.74) is 2.41. The lowest BCUT2D eigenvalue weighted by atomic mass is 9.99. The van der Waals surface area contributed by atoms with Gasteiger partial charge in [0.15, 0.2) is 0 Å². The highest BCUT2D eigenvalue weighted by molar-refractivity contribution is 5.73. The van der Waals surface area contributed by atoms with Crippen molar-refractivity contribution in [2.24, 2.45) is 0 Å². The molecule has 1 aromatic rings. The Morgan fingerprint density at radius 1 is 1.39 bits per heavy atom. The number of urea groups is 1. The van der Waals surface area contributed by atoms with Crippen molar-refractivity contribution < 1.29 is 9.53 Å². The number of carbonyl (C=O) groups excluding carboxylic acids is 1. The Kier molecular flexibility index (Phi) is 5.49. The maximum Gasteiger partial charge on any atom is 0.314 e. The summed E-state index contributed by atoms with van der Waals surface area (Å²) in [6.07, 6.45) is 0.761. The lowest BCUT2D eigenvalue weighted by Gasteiger charge is -2.13. The SMILES string of the molecule is CNC(=O)NCCc1cc(C(C)C)ccc1OC. The normalized spacial score (nSPS) is 10.3. The van der Waals surface area contributed by atoms with Crippen molar-refractivity contribution in [1.82, 2.24) is 10.6 Å². The number of hydrogen-bond acceptors (Lipinski definition) is 2. The molecule has 0 saturated heterocycles. The molecule has 1 aromatic carbocycles. The summed E-state index contributed by atoms with van der Waals surface area (Å²) in [7, 11) is 3.27. The second-order valence-electron chi connectivity index (χ2n) is 4.48. The molecule has 0 bridgehead atoms. The largest absolute Gasteiger partial charge is 0.496 e. The van der Waals surface area contributed by atoms with Crippen molar-refractivity contribution in [2.45, 2.75) is 26.2 Å². The quantitative estimate of drug-likeness (QED) is 0.842. The first-order valence-corrected chi connectivity index (χ1v) is 6.21. The molecule has 0 aliphatic carbocycles. The third-order valence-electron chi connectivity index (χ3n) is 2.88. The van der Waals surface area contributed by atoms with Crippen LogP contribution < -0.4 is 15.4 Å². The van der Waals surface area contributed by atoms with Gasteiger partial charge in [-0.2, -0.15) is 0 Å². The summed E-state index contributed by atoms with van der Waals surface area (Å²) >= 11 is 0. The van der Waals surface area contributed by atoms with E-state index in [1.165, 1.54) is 5.56 Å². The van der Waals surface area contributed by atoms with Crippen molar-refractivity contribution >= 4 is 6.03 Å². The van der Waals surface area contributed by atoms with Crippen LogP contribution in [-0.4, -0.2) is 26.7 Å². The molecule has 0 aliphatic heterocycles. The Morgan fingerprint density at radius 3 is 2.67 bits per heavy atom. The van der Waals surface area contributed by atoms with E-state index in [9.17, 15) is 4.79 Å². The van der Waals surface area contributed by atoms with Gasteiger partial charge in [-0.15, -0.1) is 0 Å². The number of amides is 2. The van der Waals surface area contributed by atoms with E-state index in [4.69, 9.17) is 4.74 Å². The van der Waals surface area contributed by atoms with E-state index in [0.717, 1.165) is 17.7 Å². The monoisotopic (exact) mass is 250 g/mol. The van der Waals surface area contributed by atoms with Crippen LogP contribution in [-0.2, 0) is 6.42 Å². The minimum absolute atomic E-state index is 0.158. The molecule has 18 heavy (non-hydrogen) atoms. The fourth-order valence-electron chi connectivity index (χ4n) is 1.75. The topological polar surface area (TPSA) is 50.4 Å². The molecule has 0 spiro atoms. The van der Waals surface area contributed by atoms with Crippen LogP contribution in [0.5, 0.6) is 5.75 Å². The maximum atomic E-state index is 11.1. The fourth-order valence-corrected chi connectivity index (χ4v) is 1.75. The molecule has 2 N–H and O–H groups in total. The molecule has 0 saturated carbocycles. The predicted molar refractivity (Wildman–Crippen MR) is 73.2 cm³/mol. The Hall–Kier alpha value is -1.71. The highest BCUT2D eigenvalue weighted by Gasteiger charge is 2.07. The van der Waals surface area contributed by atoms with Gasteiger partial charge in [-0.1, -0.05) is 26.0 Å². The molecule has 4 nitrogen and oxygen atoms in total. The number of rotatable bonds is 5. The minimum atomic E-state index is -0.158. The van der Waals surface area contributed by atoms with Crippen molar-refractivity contribution in [3.63, 3.8) is 0 Å². The molecule has 2 amide bonds. The van der Waals surface area contributed by atoms with Crippen LogP contribution in [0.2, 0.25) is 0 Å². The smallest absolute Gasteiger partial charge is 0.314 e. The second kappa shape index (κ2) is 6.89. The first kappa shape index (κ1) is 14.4. The molecule has 100 valence electrons. The minimum Gasteiger partial charge on any atom is -0.496 e. The van der Waals surface area contributed by atoms with E-state index in [1.54, 1.807) is 14.2 Å². The Bertz CT molecular complexity index is 403. The predicted octanol–water partition coefficient (Wildman–Crippen LogP) is 2.29. The second-order valence-corrected chi connectivity index (χ2v) is 4.48. The van der Waals surface area contributed by atoms with Crippen molar-refractivity contribution in [1.29, 1.82) is 0 Å². The zero-order valence-electron chi connectivity index (χ0n) is 11.5. The van der Waals surface area contributed by atoms with Gasteiger partial charge < -0.3 is 15.4 Å². The third-order valence-corrected chi connectivity index (χ3v) is 2.88. The average molecular weight is 250 g/mol. The van der Waals surface area contributed by atoms with E-state index in [0.29, 0.717) is 12.5 Å². The number of ether oxygens (including phenoxy) is 1. The third kappa shape index (κ3) is 3.95. The molecule has 0 aliphatic rings. The van der Waals surface area contributed by atoms with Crippen molar-refractivity contribution in [3.05, 3.63) is 29.3 Å². The van der Waals surface area contributed by atoms with Crippen LogP contribution in [0.4, 0.5) is 4.79 Å². The van der Waals surface area contributed by atoms with Gasteiger partial charge in [-0.3, -0.25) is 0 Å². The van der Waals surface area contributed by atoms with Crippen LogP contribution >= 0.6 is 0 Å². The number of methoxy groups -OCH3 is 1. The molecule has 0 aromatic heterocycles. The summed E-state index contributed by atoms with van der Waals surface area (Å²) in [6.45, 7) is 4.92. The molecule has 0 fully saturated rings. The number of benzene rings is 1. The van der Waals surface area contributed by atoms with E-state index >= 15 is 0 Å². The standard InChI is InChI=1S/C14H22N2O2/c1-10(2)11-5-6-13(18-4)12(9-11)7-8-16-14(17)15-3/h5-6,9-10H,7-8H2,1-4H3,(H2,15,16,17). The van der Waals surface area contributed by atoms with Gasteiger partial charge in [0.25, 0.3) is 0 Å². The highest BCUT2D eigenvalue weighted by atomic mass is 16.5. The Morgan fingerprint density at radius 2 is 2.11 bits per heavy atom. The van der Waals surface area contributed by atoms with Crippen molar-refractivity contribution in [2.75, 3.05) is 20.7 Å². The summed E-state index contributed by atoms with van der Waals surface area (Å²) in [5.74, 6) is 1.36. The summed E-state index contributed by atoms with van der Waals surface area (Å²) in [4.78, 5) is 11.1. The van der Waals surface area contributed by atoms with E-state index in [2.05, 4.69) is 36.6 Å². The summed E-state index contributed by atoms with van der Waals surface area (Å²) in [6, 6.07) is 6.06. The average Bonchev–Trinajstić information content (AvgIpc) is 2.38. The number of nitrogens with one attached hydrogen (secondary N) is 2. The molecule has 0 atom stereocenters. The molecule has 1 rings (SSSR count). The summed E-state index contributed by atoms with van der Waals surface area (Å²) < 4.78 is 5.34. The van der Waals surface area contributed by atoms with Gasteiger partial charge >= 0.3 is 6.03 Å². The first-order valence-electron chi connectivity index (χ1n) is 6.21. The van der Waals surface area contributed by atoms with Gasteiger partial charge in [0.2, 0.25) is 0 Å². The molecule has 0 radical (unpaired) electrons. The van der Waals surface area contributed by atoms with Crippen LogP contribution in [0.3, 0.4) is 0 Å². The van der Waals surface area contributed by atoms with Gasteiger partial charge in [-0.05, 0) is 29.5 Å². The lowest BCUT2D eigenvalue weighted by molar-refractivity contribution is 0.243. The lowest BCUT2D eigenvalue weighted by Crippen LogP contribution is -2.34. The summed E-state index contributed by atoms with van der Waals surface area (Å²) in [5, 5.41) is 5.30. The van der Waals surface area contributed by atoms with Crippen LogP contribution in [0.25, 0.3) is 0 Å². The highest BCUT2D eigenvalue weighted by Crippen LogP contribution is 2.24. The molecule has 0 unspecified atom stereocenters. The molecule has 4 heteroatoms. The number of carbonyl (C=O) groups is 1. The zero-order valence-corrected chi connectivity index (χ0v) is 11.5. The first-order chi connectivity index (χ1) is 8.58. The molecule has 0 heterocycles. The zero-order chi connectivity index (χ0) is 13.5. The van der Waals surface area contributed by atoms with E-state index in [1.807, 2.05) is 6.07 Å². The maximum absolute atomic E-state index is 11.1. The van der Waals surface area contributed by atoms with Gasteiger partial charge in [-0.25, -0.2) is 4.79 Å². The number of hydrogen-bond donors (Lipinski definition) is 2. The van der Waals surface area contributed by atoms with Crippen molar-refractivity contribution in [3.8, 4) is 5.75 Å². The van der Waals surface area contributed by atoms with Crippen LogP contribution in [0, 0.1) is 0 Å². The Labute approximate surface area is 109 Å². The van der Waals surface area contributed by atoms with Gasteiger partial charge in [0.05, 0.1) is 7.11 Å².